The predicted octanol–water partition coefficient (Wildman–Crippen LogP) is 1.64. The van der Waals surface area contributed by atoms with Gasteiger partial charge in [0.15, 0.2) is 0 Å². The summed E-state index contributed by atoms with van der Waals surface area (Å²) in [7, 11) is -3.38. The molecule has 0 aliphatic heterocycles. The number of aromatic nitrogens is 2. The Bertz CT molecular complexity index is 592. The van der Waals surface area contributed by atoms with E-state index in [1.165, 1.54) is 0 Å². The minimum absolute atomic E-state index is 0.0679. The normalized spacial score (nSPS) is 12.7. The van der Waals surface area contributed by atoms with E-state index in [4.69, 9.17) is 4.74 Å². The van der Waals surface area contributed by atoms with Gasteiger partial charge in [0.2, 0.25) is 10.0 Å². The zero-order valence-corrected chi connectivity index (χ0v) is 14.5. The van der Waals surface area contributed by atoms with Gasteiger partial charge in [-0.3, -0.25) is 9.97 Å². The van der Waals surface area contributed by atoms with Crippen LogP contribution in [0.1, 0.15) is 43.5 Å². The Labute approximate surface area is 127 Å². The minimum atomic E-state index is -3.38. The summed E-state index contributed by atoms with van der Waals surface area (Å²) < 4.78 is 31.8. The van der Waals surface area contributed by atoms with Crippen LogP contribution in [0.15, 0.2) is 0 Å². The maximum Gasteiger partial charge on any atom is 0.214 e. The number of nitrogens with one attached hydrogen (secondary N) is 1. The topological polar surface area (TPSA) is 81.2 Å². The summed E-state index contributed by atoms with van der Waals surface area (Å²) in [6.45, 7) is 11.5. The summed E-state index contributed by atoms with van der Waals surface area (Å²) in [6.07, 6.45) is 0. The van der Waals surface area contributed by atoms with Crippen molar-refractivity contribution in [2.24, 2.45) is 0 Å². The lowest BCUT2D eigenvalue weighted by atomic mass is 10.2. The molecule has 1 heterocycles. The molecule has 120 valence electrons. The Balaban J connectivity index is 2.60. The molecule has 0 radical (unpaired) electrons. The summed E-state index contributed by atoms with van der Waals surface area (Å²) in [6, 6.07) is 0. The molecule has 6 nitrogen and oxygen atoms in total. The van der Waals surface area contributed by atoms with Crippen LogP contribution < -0.4 is 4.72 Å². The molecule has 1 aromatic rings. The molecule has 0 aliphatic carbocycles. The lowest BCUT2D eigenvalue weighted by Gasteiger charge is -2.19. The number of nitrogens with zero attached hydrogens (tertiary/aromatic N) is 2. The van der Waals surface area contributed by atoms with Crippen molar-refractivity contribution in [3.05, 3.63) is 22.8 Å². The van der Waals surface area contributed by atoms with Crippen molar-refractivity contribution in [3.8, 4) is 0 Å². The maximum atomic E-state index is 11.9. The summed E-state index contributed by atoms with van der Waals surface area (Å²) in [5.74, 6) is -0.0679. The molecular formula is C14H25N3O3S. The van der Waals surface area contributed by atoms with Gasteiger partial charge >= 0.3 is 0 Å². The van der Waals surface area contributed by atoms with Gasteiger partial charge in [0.05, 0.1) is 47.3 Å². The van der Waals surface area contributed by atoms with E-state index in [1.807, 2.05) is 41.5 Å². The highest BCUT2D eigenvalue weighted by atomic mass is 32.2. The summed E-state index contributed by atoms with van der Waals surface area (Å²) in [5.41, 5.74) is 2.72. The molecule has 0 fully saturated rings. The molecule has 1 N–H and O–H groups in total. The second-order valence-electron chi connectivity index (χ2n) is 6.03. The van der Waals surface area contributed by atoms with Crippen molar-refractivity contribution >= 4 is 10.0 Å². The first-order chi connectivity index (χ1) is 9.50. The van der Waals surface area contributed by atoms with Crippen LogP contribution >= 0.6 is 0 Å². The van der Waals surface area contributed by atoms with Crippen LogP contribution in [0.3, 0.4) is 0 Å². The van der Waals surface area contributed by atoms with Crippen molar-refractivity contribution in [2.75, 3.05) is 12.4 Å². The molecule has 0 spiro atoms. The third kappa shape index (κ3) is 6.50. The molecular weight excluding hydrogens is 290 g/mol. The highest BCUT2D eigenvalue weighted by Crippen LogP contribution is 2.08. The maximum absolute atomic E-state index is 11.9. The van der Waals surface area contributed by atoms with Gasteiger partial charge in [0.1, 0.15) is 0 Å². The second kappa shape index (κ2) is 6.81. The first kappa shape index (κ1) is 18.0. The first-order valence-corrected chi connectivity index (χ1v) is 8.57. The van der Waals surface area contributed by atoms with E-state index in [0.29, 0.717) is 5.69 Å². The Hall–Kier alpha value is -1.05. The average Bonchev–Trinajstić information content (AvgIpc) is 2.30. The fourth-order valence-corrected chi connectivity index (χ4v) is 2.44. The van der Waals surface area contributed by atoms with E-state index in [0.717, 1.165) is 17.1 Å². The van der Waals surface area contributed by atoms with E-state index >= 15 is 0 Å². The molecule has 21 heavy (non-hydrogen) atoms. The van der Waals surface area contributed by atoms with Gasteiger partial charge in [-0.15, -0.1) is 0 Å². The number of hydrogen-bond donors (Lipinski definition) is 1. The van der Waals surface area contributed by atoms with E-state index < -0.39 is 10.0 Å². The second-order valence-corrected chi connectivity index (χ2v) is 7.95. The summed E-state index contributed by atoms with van der Waals surface area (Å²) in [4.78, 5) is 8.72. The van der Waals surface area contributed by atoms with Crippen molar-refractivity contribution in [3.63, 3.8) is 0 Å². The van der Waals surface area contributed by atoms with Crippen LogP contribution in [-0.2, 0) is 21.3 Å². The monoisotopic (exact) mass is 315 g/mol. The third-order valence-electron chi connectivity index (χ3n) is 2.93. The molecule has 0 bridgehead atoms. The van der Waals surface area contributed by atoms with Crippen LogP contribution in [0.5, 0.6) is 0 Å². The molecule has 0 saturated carbocycles. The number of ether oxygens (including phenoxy) is 1. The molecule has 0 saturated heterocycles. The number of aryl methyl sites for hydroxylation is 3. The van der Waals surface area contributed by atoms with Gasteiger partial charge in [0, 0.05) is 0 Å². The molecule has 0 aromatic carbocycles. The van der Waals surface area contributed by atoms with Crippen LogP contribution in [0.2, 0.25) is 0 Å². The van der Waals surface area contributed by atoms with Gasteiger partial charge in [-0.1, -0.05) is 0 Å². The zero-order chi connectivity index (χ0) is 16.3. The number of rotatable bonds is 6. The molecule has 1 aromatic heterocycles. The number of sulfonamides is 1. The Morgan fingerprint density at radius 1 is 1.05 bits per heavy atom. The Morgan fingerprint density at radius 3 is 2.19 bits per heavy atom. The van der Waals surface area contributed by atoms with Crippen LogP contribution in [0, 0.1) is 20.8 Å². The molecule has 0 amide bonds. The summed E-state index contributed by atoms with van der Waals surface area (Å²) in [5, 5.41) is 0. The van der Waals surface area contributed by atoms with E-state index in [1.54, 1.807) is 0 Å². The fraction of sp³-hybridized carbons (Fsp3) is 0.714. The van der Waals surface area contributed by atoms with Gasteiger partial charge in [-0.25, -0.2) is 13.1 Å². The SMILES string of the molecule is Cc1nc(C)c(CNS(=O)(=O)CCOC(C)(C)C)nc1C. The van der Waals surface area contributed by atoms with Gasteiger partial charge in [-0.2, -0.15) is 0 Å². The molecule has 0 aliphatic rings. The first-order valence-electron chi connectivity index (χ1n) is 6.92. The van der Waals surface area contributed by atoms with E-state index in [-0.39, 0.29) is 24.5 Å². The highest BCUT2D eigenvalue weighted by Gasteiger charge is 2.15. The quantitative estimate of drug-likeness (QED) is 0.863. The lowest BCUT2D eigenvalue weighted by Crippen LogP contribution is -2.31. The van der Waals surface area contributed by atoms with Crippen molar-refractivity contribution in [1.29, 1.82) is 0 Å². The van der Waals surface area contributed by atoms with Crippen molar-refractivity contribution in [2.45, 2.75) is 53.7 Å². The highest BCUT2D eigenvalue weighted by molar-refractivity contribution is 7.89. The van der Waals surface area contributed by atoms with Gasteiger partial charge < -0.3 is 4.74 Å². The standard InChI is InChI=1S/C14H25N3O3S/c1-10-11(2)17-13(12(3)16-10)9-15-21(18,19)8-7-20-14(4,5)6/h15H,7-9H2,1-6H3. The van der Waals surface area contributed by atoms with E-state index in [2.05, 4.69) is 14.7 Å². The van der Waals surface area contributed by atoms with Crippen LogP contribution in [-0.4, -0.2) is 36.3 Å². The zero-order valence-electron chi connectivity index (χ0n) is 13.6. The molecule has 1 rings (SSSR count). The van der Waals surface area contributed by atoms with Crippen molar-refractivity contribution in [1.82, 2.24) is 14.7 Å². The van der Waals surface area contributed by atoms with Crippen molar-refractivity contribution < 1.29 is 13.2 Å². The van der Waals surface area contributed by atoms with Gasteiger partial charge in [0.25, 0.3) is 0 Å². The van der Waals surface area contributed by atoms with Crippen LogP contribution in [0.25, 0.3) is 0 Å². The van der Waals surface area contributed by atoms with E-state index in [9.17, 15) is 8.42 Å². The third-order valence-corrected chi connectivity index (χ3v) is 4.21. The average molecular weight is 315 g/mol. The molecule has 0 atom stereocenters. The summed E-state index contributed by atoms with van der Waals surface area (Å²) >= 11 is 0. The Morgan fingerprint density at radius 2 is 1.62 bits per heavy atom. The fourth-order valence-electron chi connectivity index (χ4n) is 1.64. The molecule has 0 unspecified atom stereocenters. The Kier molecular flexibility index (Phi) is 5.83. The smallest absolute Gasteiger partial charge is 0.214 e. The largest absolute Gasteiger partial charge is 0.375 e. The van der Waals surface area contributed by atoms with Gasteiger partial charge in [-0.05, 0) is 41.5 Å². The molecule has 7 heteroatoms. The number of hydrogen-bond acceptors (Lipinski definition) is 5. The van der Waals surface area contributed by atoms with Crippen LogP contribution in [0.4, 0.5) is 0 Å². The lowest BCUT2D eigenvalue weighted by molar-refractivity contribution is 0.00638. The predicted molar refractivity (Wildman–Crippen MR) is 82.6 cm³/mol. The minimum Gasteiger partial charge on any atom is -0.375 e.